The van der Waals surface area contributed by atoms with Crippen LogP contribution in [0.1, 0.15) is 92.9 Å². The lowest BCUT2D eigenvalue weighted by Gasteiger charge is -2.57. The molecule has 0 aliphatic heterocycles. The minimum Gasteiger partial charge on any atom is -0.501 e. The van der Waals surface area contributed by atoms with Crippen molar-refractivity contribution in [2.75, 3.05) is 7.11 Å². The number of hydrogen-bond acceptors (Lipinski definition) is 1. The standard InChI is InChI=1S/C25H38O.C2H6/c1-6-7-17(2)21-10-11-22-20-9-8-18-16-19(26-5)12-14-24(18,3)23(20)13-15-25(21,22)4;1-2/h7-8,16,20-23H,6,9-15H2,1-5H3;1-2H3/b17-7+;. The molecule has 158 valence electrons. The molecule has 0 N–H and O–H groups in total. The van der Waals surface area contributed by atoms with E-state index < -0.39 is 0 Å². The molecule has 0 radical (unpaired) electrons. The summed E-state index contributed by atoms with van der Waals surface area (Å²) in [5, 5.41) is 0. The van der Waals surface area contributed by atoms with Crippen molar-refractivity contribution in [1.29, 1.82) is 0 Å². The van der Waals surface area contributed by atoms with Gasteiger partial charge in [0.2, 0.25) is 0 Å². The van der Waals surface area contributed by atoms with E-state index in [9.17, 15) is 0 Å². The van der Waals surface area contributed by atoms with Gasteiger partial charge in [-0.3, -0.25) is 0 Å². The Labute approximate surface area is 174 Å². The van der Waals surface area contributed by atoms with Gasteiger partial charge >= 0.3 is 0 Å². The molecule has 1 heteroatoms. The van der Waals surface area contributed by atoms with Crippen molar-refractivity contribution in [3.8, 4) is 0 Å². The van der Waals surface area contributed by atoms with E-state index in [1.165, 1.54) is 50.7 Å². The quantitative estimate of drug-likeness (QED) is 0.447. The Hall–Kier alpha value is -0.980. The van der Waals surface area contributed by atoms with Gasteiger partial charge in [0, 0.05) is 6.42 Å². The summed E-state index contributed by atoms with van der Waals surface area (Å²) in [5.41, 5.74) is 4.20. The van der Waals surface area contributed by atoms with Gasteiger partial charge in [0.05, 0.1) is 12.9 Å². The van der Waals surface area contributed by atoms with Gasteiger partial charge in [-0.2, -0.15) is 0 Å². The van der Waals surface area contributed by atoms with E-state index in [4.69, 9.17) is 4.74 Å². The van der Waals surface area contributed by atoms with Gasteiger partial charge in [-0.25, -0.2) is 0 Å². The molecule has 1 nitrogen and oxygen atoms in total. The van der Waals surface area contributed by atoms with E-state index in [0.29, 0.717) is 10.8 Å². The monoisotopic (exact) mass is 384 g/mol. The van der Waals surface area contributed by atoms with Crippen molar-refractivity contribution < 1.29 is 4.74 Å². The molecular formula is C27H44O. The van der Waals surface area contributed by atoms with Gasteiger partial charge in [0.15, 0.2) is 0 Å². The normalized spacial score (nSPS) is 42.2. The molecule has 6 atom stereocenters. The first-order valence-corrected chi connectivity index (χ1v) is 12.1. The minimum atomic E-state index is 0.388. The van der Waals surface area contributed by atoms with Crippen molar-refractivity contribution >= 4 is 0 Å². The van der Waals surface area contributed by atoms with Gasteiger partial charge in [-0.15, -0.1) is 0 Å². The Bertz CT molecular complexity index is 653. The summed E-state index contributed by atoms with van der Waals surface area (Å²) < 4.78 is 5.58. The number of ether oxygens (including phenoxy) is 1. The zero-order valence-corrected chi connectivity index (χ0v) is 19.6. The fourth-order valence-electron chi connectivity index (χ4n) is 7.67. The largest absolute Gasteiger partial charge is 0.501 e. The Morgan fingerprint density at radius 2 is 1.89 bits per heavy atom. The third kappa shape index (κ3) is 3.31. The first kappa shape index (κ1) is 21.7. The third-order valence-corrected chi connectivity index (χ3v) is 9.07. The summed E-state index contributed by atoms with van der Waals surface area (Å²) in [6.07, 6.45) is 18.1. The molecule has 0 aromatic carbocycles. The summed E-state index contributed by atoms with van der Waals surface area (Å²) >= 11 is 0. The Balaban J connectivity index is 0.00000109. The zero-order chi connectivity index (χ0) is 20.5. The number of methoxy groups -OCH3 is 1. The van der Waals surface area contributed by atoms with E-state index in [1.807, 2.05) is 21.0 Å². The third-order valence-electron chi connectivity index (χ3n) is 9.07. The molecule has 0 spiro atoms. The average molecular weight is 385 g/mol. The topological polar surface area (TPSA) is 9.23 Å². The minimum absolute atomic E-state index is 0.388. The van der Waals surface area contributed by atoms with Gasteiger partial charge in [-0.05, 0) is 98.0 Å². The van der Waals surface area contributed by atoms with Crippen molar-refractivity contribution in [2.24, 2.45) is 34.5 Å². The summed E-state index contributed by atoms with van der Waals surface area (Å²) in [5.74, 6) is 4.73. The zero-order valence-electron chi connectivity index (χ0n) is 19.6. The molecule has 0 aromatic heterocycles. The summed E-state index contributed by atoms with van der Waals surface area (Å²) in [6, 6.07) is 0. The van der Waals surface area contributed by atoms with E-state index in [-0.39, 0.29) is 0 Å². The molecule has 2 fully saturated rings. The van der Waals surface area contributed by atoms with Crippen LogP contribution in [0.25, 0.3) is 0 Å². The first-order valence-electron chi connectivity index (χ1n) is 12.1. The molecule has 2 saturated carbocycles. The van der Waals surface area contributed by atoms with Crippen LogP contribution < -0.4 is 0 Å². The van der Waals surface area contributed by atoms with E-state index in [1.54, 1.807) is 11.1 Å². The van der Waals surface area contributed by atoms with Gasteiger partial charge in [-0.1, -0.05) is 52.3 Å². The van der Waals surface area contributed by atoms with Crippen LogP contribution in [0.3, 0.4) is 0 Å². The van der Waals surface area contributed by atoms with Crippen LogP contribution in [-0.2, 0) is 4.74 Å². The lowest BCUT2D eigenvalue weighted by Crippen LogP contribution is -2.49. The molecule has 4 aliphatic rings. The van der Waals surface area contributed by atoms with Crippen LogP contribution in [0.2, 0.25) is 0 Å². The Morgan fingerprint density at radius 3 is 2.57 bits per heavy atom. The number of rotatable bonds is 3. The Morgan fingerprint density at radius 1 is 1.14 bits per heavy atom. The van der Waals surface area contributed by atoms with Gasteiger partial charge in [0.1, 0.15) is 0 Å². The molecule has 4 aliphatic carbocycles. The summed E-state index contributed by atoms with van der Waals surface area (Å²) in [4.78, 5) is 0. The molecule has 6 unspecified atom stereocenters. The highest BCUT2D eigenvalue weighted by molar-refractivity contribution is 5.36. The highest BCUT2D eigenvalue weighted by Crippen LogP contribution is 2.66. The first-order chi connectivity index (χ1) is 13.4. The maximum atomic E-state index is 5.58. The molecule has 4 rings (SSSR count). The van der Waals surface area contributed by atoms with Gasteiger partial charge < -0.3 is 4.74 Å². The number of hydrogen-bond donors (Lipinski definition) is 0. The molecule has 0 amide bonds. The van der Waals surface area contributed by atoms with Crippen LogP contribution in [-0.4, -0.2) is 7.11 Å². The van der Waals surface area contributed by atoms with Crippen LogP contribution >= 0.6 is 0 Å². The lowest BCUT2D eigenvalue weighted by molar-refractivity contribution is -0.0318. The average Bonchev–Trinajstić information content (AvgIpc) is 3.06. The molecule has 0 saturated heterocycles. The summed E-state index contributed by atoms with van der Waals surface area (Å²) in [6.45, 7) is 13.9. The van der Waals surface area contributed by atoms with Crippen molar-refractivity contribution in [2.45, 2.75) is 92.9 Å². The highest BCUT2D eigenvalue weighted by atomic mass is 16.5. The van der Waals surface area contributed by atoms with Crippen molar-refractivity contribution in [1.82, 2.24) is 0 Å². The van der Waals surface area contributed by atoms with E-state index in [0.717, 1.165) is 30.1 Å². The second-order valence-corrected chi connectivity index (χ2v) is 10.0. The molecule has 0 aromatic rings. The molecule has 0 heterocycles. The highest BCUT2D eigenvalue weighted by Gasteiger charge is 2.58. The predicted molar refractivity (Wildman–Crippen MR) is 121 cm³/mol. The van der Waals surface area contributed by atoms with Gasteiger partial charge in [0.25, 0.3) is 0 Å². The van der Waals surface area contributed by atoms with E-state index >= 15 is 0 Å². The van der Waals surface area contributed by atoms with Crippen LogP contribution in [0.4, 0.5) is 0 Å². The van der Waals surface area contributed by atoms with Crippen molar-refractivity contribution in [3.05, 3.63) is 35.1 Å². The smallest absolute Gasteiger partial charge is 0.0958 e. The van der Waals surface area contributed by atoms with Crippen LogP contribution in [0, 0.1) is 34.5 Å². The van der Waals surface area contributed by atoms with Crippen LogP contribution in [0.5, 0.6) is 0 Å². The van der Waals surface area contributed by atoms with E-state index in [2.05, 4.69) is 45.9 Å². The fraction of sp³-hybridized carbons (Fsp3) is 0.778. The second-order valence-electron chi connectivity index (χ2n) is 10.0. The SMILES string of the molecule is CC.CC/C=C(\C)C1CCC2C3CC=C4C=C(OC)CCC4(C)C3CCC12C. The lowest BCUT2D eigenvalue weighted by atomic mass is 9.48. The maximum absolute atomic E-state index is 5.58. The predicted octanol–water partition coefficient (Wildman–Crippen LogP) is 8.09. The molecular weight excluding hydrogens is 340 g/mol. The fourth-order valence-corrected chi connectivity index (χ4v) is 7.67. The Kier molecular flexibility index (Phi) is 6.52. The maximum Gasteiger partial charge on any atom is 0.0958 e. The van der Waals surface area contributed by atoms with Crippen molar-refractivity contribution in [3.63, 3.8) is 0 Å². The number of allylic oxidation sites excluding steroid dienone is 6. The number of fused-ring (bicyclic) bond motifs is 5. The van der Waals surface area contributed by atoms with Crippen LogP contribution in [0.15, 0.2) is 35.1 Å². The second kappa shape index (κ2) is 8.41. The summed E-state index contributed by atoms with van der Waals surface area (Å²) in [7, 11) is 1.83. The molecule has 28 heavy (non-hydrogen) atoms. The molecule has 0 bridgehead atoms.